The number of aromatic nitrogens is 1. The third kappa shape index (κ3) is 5.33. The minimum atomic E-state index is -0.635. The largest absolute Gasteiger partial charge is 0.380 e. The van der Waals surface area contributed by atoms with Crippen LogP contribution in [0.5, 0.6) is 0 Å². The summed E-state index contributed by atoms with van der Waals surface area (Å²) in [5.74, 6) is -0.524. The zero-order chi connectivity index (χ0) is 20.8. The zero-order valence-electron chi connectivity index (χ0n) is 14.8. The molecule has 0 fully saturated rings. The number of hydrogen-bond acceptors (Lipinski definition) is 7. The van der Waals surface area contributed by atoms with Crippen molar-refractivity contribution >= 4 is 52.2 Å². The summed E-state index contributed by atoms with van der Waals surface area (Å²) in [6.45, 7) is 2.03. The smallest absolute Gasteiger partial charge is 0.272 e. The molecule has 0 spiro atoms. The highest BCUT2D eigenvalue weighted by molar-refractivity contribution is 8.00. The number of rotatable bonds is 7. The minimum absolute atomic E-state index is 0.0497. The molecule has 1 aromatic carbocycles. The molecule has 1 N–H and O–H groups in total. The Labute approximate surface area is 174 Å². The topological polar surface area (TPSA) is 118 Å². The highest BCUT2D eigenvalue weighted by Gasteiger charge is 2.18. The van der Waals surface area contributed by atoms with Gasteiger partial charge in [0.25, 0.3) is 5.69 Å². The summed E-state index contributed by atoms with van der Waals surface area (Å²) in [4.78, 5) is 26.8. The van der Waals surface area contributed by atoms with Crippen molar-refractivity contribution in [2.24, 2.45) is 0 Å². The summed E-state index contributed by atoms with van der Waals surface area (Å²) in [7, 11) is 1.52. The number of anilines is 1. The van der Waals surface area contributed by atoms with Crippen molar-refractivity contribution < 1.29 is 14.5 Å². The number of carbonyl (C=O) groups excluding carboxylic acids is 1. The first-order chi connectivity index (χ1) is 13.3. The number of methoxy groups -OCH3 is 1. The van der Waals surface area contributed by atoms with E-state index in [4.69, 9.17) is 27.9 Å². The molecule has 11 heteroatoms. The lowest BCUT2D eigenvalue weighted by Crippen LogP contribution is -2.15. The number of halogens is 2. The number of nitrogens with one attached hydrogen (secondary N) is 1. The van der Waals surface area contributed by atoms with Crippen LogP contribution in [0.15, 0.2) is 23.2 Å². The van der Waals surface area contributed by atoms with Crippen LogP contribution >= 0.6 is 35.0 Å². The lowest BCUT2D eigenvalue weighted by molar-refractivity contribution is -0.384. The lowest BCUT2D eigenvalue weighted by Gasteiger charge is -2.11. The molecule has 1 amide bonds. The minimum Gasteiger partial charge on any atom is -0.380 e. The number of carbonyl (C=O) groups is 1. The van der Waals surface area contributed by atoms with Crippen molar-refractivity contribution in [2.45, 2.75) is 18.6 Å². The number of non-ortho nitro benzene ring substituents is 1. The van der Waals surface area contributed by atoms with E-state index in [-0.39, 0.29) is 33.8 Å². The Morgan fingerprint density at radius 3 is 2.57 bits per heavy atom. The summed E-state index contributed by atoms with van der Waals surface area (Å²) in [5, 5.41) is 23.1. The molecule has 28 heavy (non-hydrogen) atoms. The molecule has 146 valence electrons. The Hall–Kier alpha value is -2.38. The average Bonchev–Trinajstić information content (AvgIpc) is 2.62. The van der Waals surface area contributed by atoms with Gasteiger partial charge in [-0.2, -0.15) is 5.26 Å². The van der Waals surface area contributed by atoms with Crippen LogP contribution < -0.4 is 5.32 Å². The monoisotopic (exact) mass is 440 g/mol. The van der Waals surface area contributed by atoms with Gasteiger partial charge in [-0.1, -0.05) is 35.0 Å². The Kier molecular flexibility index (Phi) is 7.60. The van der Waals surface area contributed by atoms with E-state index in [2.05, 4.69) is 16.4 Å². The van der Waals surface area contributed by atoms with Crippen LogP contribution in [0.2, 0.25) is 10.0 Å². The van der Waals surface area contributed by atoms with E-state index in [0.29, 0.717) is 21.8 Å². The second-order valence-electron chi connectivity index (χ2n) is 5.53. The number of nitro groups is 1. The SMILES string of the molecule is COCc1cc(C)nc(SCC(=O)Nc2c(Cl)cc([N+](=O)[O-])cc2Cl)c1C#N. The molecule has 0 radical (unpaired) electrons. The van der Waals surface area contributed by atoms with E-state index < -0.39 is 10.8 Å². The fraction of sp³-hybridized carbons (Fsp3) is 0.235. The standard InChI is InChI=1S/C17H14Cl2N4O4S/c1-9-3-10(7-27-2)12(6-20)17(21-9)28-8-15(24)22-16-13(18)4-11(23(25)26)5-14(16)19/h3-5H,7-8H2,1-2H3,(H,22,24). The van der Waals surface area contributed by atoms with Gasteiger partial charge in [-0.25, -0.2) is 4.98 Å². The number of amides is 1. The van der Waals surface area contributed by atoms with E-state index in [1.807, 2.05) is 0 Å². The third-order valence-electron chi connectivity index (χ3n) is 3.45. The normalized spacial score (nSPS) is 10.4. The summed E-state index contributed by atoms with van der Waals surface area (Å²) < 4.78 is 5.09. The first-order valence-electron chi connectivity index (χ1n) is 7.72. The number of nitro benzene ring substituents is 1. The quantitative estimate of drug-likeness (QED) is 0.385. The average molecular weight is 441 g/mol. The highest BCUT2D eigenvalue weighted by Crippen LogP contribution is 2.35. The number of nitriles is 1. The number of benzene rings is 1. The Morgan fingerprint density at radius 1 is 1.39 bits per heavy atom. The van der Waals surface area contributed by atoms with Crippen molar-refractivity contribution in [3.05, 3.63) is 55.2 Å². The van der Waals surface area contributed by atoms with E-state index in [0.717, 1.165) is 23.9 Å². The van der Waals surface area contributed by atoms with E-state index in [1.165, 1.54) is 7.11 Å². The number of pyridine rings is 1. The molecule has 8 nitrogen and oxygen atoms in total. The van der Waals surface area contributed by atoms with Gasteiger partial charge in [-0.15, -0.1) is 0 Å². The summed E-state index contributed by atoms with van der Waals surface area (Å²) in [6, 6.07) is 6.04. The Morgan fingerprint density at radius 2 is 2.04 bits per heavy atom. The van der Waals surface area contributed by atoms with Crippen LogP contribution in [0.4, 0.5) is 11.4 Å². The van der Waals surface area contributed by atoms with Crippen LogP contribution in [0.3, 0.4) is 0 Å². The van der Waals surface area contributed by atoms with Gasteiger partial charge in [-0.05, 0) is 18.6 Å². The van der Waals surface area contributed by atoms with Gasteiger partial charge < -0.3 is 10.1 Å². The molecule has 0 aliphatic carbocycles. The molecule has 2 aromatic rings. The van der Waals surface area contributed by atoms with Crippen molar-refractivity contribution in [2.75, 3.05) is 18.2 Å². The van der Waals surface area contributed by atoms with E-state index in [1.54, 1.807) is 13.0 Å². The maximum absolute atomic E-state index is 12.3. The Bertz CT molecular complexity index is 955. The molecule has 0 aliphatic rings. The van der Waals surface area contributed by atoms with Gasteiger partial charge in [0, 0.05) is 24.9 Å². The number of aryl methyl sites for hydroxylation is 1. The maximum atomic E-state index is 12.3. The molecule has 0 saturated heterocycles. The molecule has 2 rings (SSSR count). The van der Waals surface area contributed by atoms with Crippen molar-refractivity contribution in [1.29, 1.82) is 5.26 Å². The van der Waals surface area contributed by atoms with Gasteiger partial charge in [0.05, 0.1) is 38.6 Å². The number of thioether (sulfide) groups is 1. The molecule has 0 unspecified atom stereocenters. The van der Waals surface area contributed by atoms with E-state index in [9.17, 15) is 20.2 Å². The fourth-order valence-corrected chi connectivity index (χ4v) is 3.74. The first-order valence-corrected chi connectivity index (χ1v) is 9.46. The van der Waals surface area contributed by atoms with Crippen LogP contribution in [-0.2, 0) is 16.1 Å². The molecule has 1 aromatic heterocycles. The van der Waals surface area contributed by atoms with Gasteiger partial charge >= 0.3 is 0 Å². The maximum Gasteiger partial charge on any atom is 0.272 e. The van der Waals surface area contributed by atoms with Gasteiger partial charge in [0.2, 0.25) is 5.91 Å². The third-order valence-corrected chi connectivity index (χ3v) is 5.02. The fourth-order valence-electron chi connectivity index (χ4n) is 2.30. The number of ether oxygens (including phenoxy) is 1. The van der Waals surface area contributed by atoms with Crippen molar-refractivity contribution in [3.63, 3.8) is 0 Å². The summed E-state index contributed by atoms with van der Waals surface area (Å²) in [6.07, 6.45) is 0. The molecule has 1 heterocycles. The van der Waals surface area contributed by atoms with E-state index >= 15 is 0 Å². The second kappa shape index (κ2) is 9.71. The van der Waals surface area contributed by atoms with Crippen LogP contribution in [0, 0.1) is 28.4 Å². The number of hydrogen-bond donors (Lipinski definition) is 1. The lowest BCUT2D eigenvalue weighted by atomic mass is 10.1. The molecule has 0 aliphatic heterocycles. The molecule has 0 bridgehead atoms. The number of nitrogens with zero attached hydrogens (tertiary/aromatic N) is 3. The van der Waals surface area contributed by atoms with Gasteiger partial charge in [0.15, 0.2) is 0 Å². The molecule has 0 atom stereocenters. The zero-order valence-corrected chi connectivity index (χ0v) is 17.1. The van der Waals surface area contributed by atoms with Crippen LogP contribution in [0.25, 0.3) is 0 Å². The van der Waals surface area contributed by atoms with Crippen LogP contribution in [0.1, 0.15) is 16.8 Å². The van der Waals surface area contributed by atoms with Crippen molar-refractivity contribution in [1.82, 2.24) is 4.98 Å². The molecular weight excluding hydrogens is 427 g/mol. The summed E-state index contributed by atoms with van der Waals surface area (Å²) >= 11 is 13.0. The first kappa shape index (κ1) is 21.9. The predicted octanol–water partition coefficient (Wildman–Crippen LogP) is 4.35. The van der Waals surface area contributed by atoms with Crippen LogP contribution in [-0.4, -0.2) is 28.7 Å². The predicted molar refractivity (Wildman–Crippen MR) is 107 cm³/mol. The van der Waals surface area contributed by atoms with Crippen molar-refractivity contribution in [3.8, 4) is 6.07 Å². The second-order valence-corrected chi connectivity index (χ2v) is 7.30. The molecular formula is C17H14Cl2N4O4S. The van der Waals surface area contributed by atoms with Gasteiger partial charge in [-0.3, -0.25) is 14.9 Å². The highest BCUT2D eigenvalue weighted by atomic mass is 35.5. The Balaban J connectivity index is 2.16. The molecule has 0 saturated carbocycles. The van der Waals surface area contributed by atoms with Gasteiger partial charge in [0.1, 0.15) is 11.1 Å². The summed E-state index contributed by atoms with van der Waals surface area (Å²) in [5.41, 5.74) is 1.52.